The second-order valence-electron chi connectivity index (χ2n) is 8.61. The first kappa shape index (κ1) is 20.1. The Labute approximate surface area is 172 Å². The highest BCUT2D eigenvalue weighted by Crippen LogP contribution is 2.36. The summed E-state index contributed by atoms with van der Waals surface area (Å²) in [7, 11) is -4.30. The molecule has 3 aromatic rings. The minimum atomic E-state index is -3.79. The van der Waals surface area contributed by atoms with Crippen LogP contribution in [0.4, 0.5) is 0 Å². The smallest absolute Gasteiger partial charge is 0.399 e. The maximum atomic E-state index is 13.1. The number of rotatable bonds is 3. The summed E-state index contributed by atoms with van der Waals surface area (Å²) < 4.78 is 39.6. The molecule has 8 heteroatoms. The molecule has 1 aliphatic rings. The standard InChI is InChI=1S/C21H25BN2O4S/c1-14-7-10-17(11-8-14)29(25,26)24-19-12-9-16(13-18(19)15(2)23-24)22-27-20(3,4)21(5,6)28-22/h7-13H,1-6H3. The van der Waals surface area contributed by atoms with Gasteiger partial charge in [-0.15, -0.1) is 0 Å². The fraction of sp³-hybridized carbons (Fsp3) is 0.381. The fourth-order valence-corrected chi connectivity index (χ4v) is 4.70. The van der Waals surface area contributed by atoms with Gasteiger partial charge in [0.2, 0.25) is 0 Å². The van der Waals surface area contributed by atoms with E-state index >= 15 is 0 Å². The van der Waals surface area contributed by atoms with Crippen LogP contribution in [0.15, 0.2) is 47.4 Å². The molecular formula is C21H25BN2O4S. The van der Waals surface area contributed by atoms with Gasteiger partial charge in [-0.05, 0) is 65.2 Å². The van der Waals surface area contributed by atoms with Crippen molar-refractivity contribution in [1.29, 1.82) is 0 Å². The molecule has 1 saturated heterocycles. The van der Waals surface area contributed by atoms with Crippen molar-refractivity contribution >= 4 is 33.5 Å². The summed E-state index contributed by atoms with van der Waals surface area (Å²) in [4.78, 5) is 0.211. The molecule has 4 rings (SSSR count). The Morgan fingerprint density at radius 3 is 2.10 bits per heavy atom. The molecule has 29 heavy (non-hydrogen) atoms. The molecule has 0 amide bonds. The zero-order valence-corrected chi connectivity index (χ0v) is 18.4. The monoisotopic (exact) mass is 412 g/mol. The van der Waals surface area contributed by atoms with Crippen molar-refractivity contribution in [2.75, 3.05) is 0 Å². The molecule has 0 aliphatic carbocycles. The lowest BCUT2D eigenvalue weighted by Gasteiger charge is -2.32. The summed E-state index contributed by atoms with van der Waals surface area (Å²) in [5.41, 5.74) is 2.11. The van der Waals surface area contributed by atoms with Crippen molar-refractivity contribution in [2.45, 2.75) is 57.6 Å². The van der Waals surface area contributed by atoms with E-state index in [1.807, 2.05) is 46.8 Å². The Morgan fingerprint density at radius 1 is 0.931 bits per heavy atom. The zero-order chi connectivity index (χ0) is 21.2. The molecule has 1 fully saturated rings. The van der Waals surface area contributed by atoms with E-state index in [9.17, 15) is 8.42 Å². The molecule has 6 nitrogen and oxygen atoms in total. The summed E-state index contributed by atoms with van der Waals surface area (Å²) in [5, 5.41) is 5.09. The molecular weight excluding hydrogens is 387 g/mol. The number of benzene rings is 2. The van der Waals surface area contributed by atoms with Gasteiger partial charge in [-0.2, -0.15) is 17.6 Å². The molecule has 2 heterocycles. The summed E-state index contributed by atoms with van der Waals surface area (Å²) in [6, 6.07) is 12.3. The molecule has 0 saturated carbocycles. The van der Waals surface area contributed by atoms with E-state index in [-0.39, 0.29) is 4.90 Å². The van der Waals surface area contributed by atoms with Crippen molar-refractivity contribution in [3.63, 3.8) is 0 Å². The molecule has 2 aromatic carbocycles. The van der Waals surface area contributed by atoms with E-state index in [1.165, 1.54) is 0 Å². The normalized spacial score (nSPS) is 18.5. The number of nitrogens with zero attached hydrogens (tertiary/aromatic N) is 2. The van der Waals surface area contributed by atoms with Crippen molar-refractivity contribution in [3.8, 4) is 0 Å². The second kappa shape index (κ2) is 6.42. The van der Waals surface area contributed by atoms with Crippen molar-refractivity contribution in [1.82, 2.24) is 9.19 Å². The number of aryl methyl sites for hydroxylation is 2. The third-order valence-electron chi connectivity index (χ3n) is 5.93. The summed E-state index contributed by atoms with van der Waals surface area (Å²) >= 11 is 0. The van der Waals surface area contributed by atoms with E-state index in [2.05, 4.69) is 5.10 Å². The molecule has 1 aliphatic heterocycles. The predicted molar refractivity (Wildman–Crippen MR) is 114 cm³/mol. The lowest BCUT2D eigenvalue weighted by Crippen LogP contribution is -2.41. The second-order valence-corrected chi connectivity index (χ2v) is 10.4. The fourth-order valence-electron chi connectivity index (χ4n) is 3.37. The minimum Gasteiger partial charge on any atom is -0.399 e. The van der Waals surface area contributed by atoms with Gasteiger partial charge in [0.05, 0.1) is 27.3 Å². The minimum absolute atomic E-state index is 0.211. The molecule has 0 radical (unpaired) electrons. The Balaban J connectivity index is 1.78. The Hall–Kier alpha value is -2.16. The van der Waals surface area contributed by atoms with Crippen LogP contribution < -0.4 is 5.46 Å². The topological polar surface area (TPSA) is 70.4 Å². The van der Waals surface area contributed by atoms with Gasteiger partial charge in [-0.1, -0.05) is 29.8 Å². The molecule has 0 atom stereocenters. The van der Waals surface area contributed by atoms with Crippen LogP contribution in [0.25, 0.3) is 10.9 Å². The third-order valence-corrected chi connectivity index (χ3v) is 7.53. The summed E-state index contributed by atoms with van der Waals surface area (Å²) in [6.07, 6.45) is 0. The maximum Gasteiger partial charge on any atom is 0.494 e. The summed E-state index contributed by atoms with van der Waals surface area (Å²) in [5.74, 6) is 0. The van der Waals surface area contributed by atoms with Crippen molar-refractivity contribution in [2.24, 2.45) is 0 Å². The van der Waals surface area contributed by atoms with Crippen LogP contribution in [0, 0.1) is 13.8 Å². The van der Waals surface area contributed by atoms with Crippen LogP contribution in [-0.4, -0.2) is 35.9 Å². The van der Waals surface area contributed by atoms with Crippen LogP contribution in [-0.2, 0) is 19.3 Å². The van der Waals surface area contributed by atoms with E-state index in [4.69, 9.17) is 9.31 Å². The van der Waals surface area contributed by atoms with Gasteiger partial charge in [-0.25, -0.2) is 0 Å². The van der Waals surface area contributed by atoms with Gasteiger partial charge in [0, 0.05) is 5.39 Å². The van der Waals surface area contributed by atoms with Gasteiger partial charge in [0.15, 0.2) is 0 Å². The number of aromatic nitrogens is 2. The Kier molecular flexibility index (Phi) is 4.46. The Bertz CT molecular complexity index is 1180. The molecule has 0 unspecified atom stereocenters. The van der Waals surface area contributed by atoms with Gasteiger partial charge >= 0.3 is 7.12 Å². The maximum absolute atomic E-state index is 13.1. The van der Waals surface area contributed by atoms with E-state index in [1.54, 1.807) is 37.3 Å². The van der Waals surface area contributed by atoms with Crippen molar-refractivity contribution in [3.05, 3.63) is 53.7 Å². The lowest BCUT2D eigenvalue weighted by atomic mass is 9.78. The highest BCUT2D eigenvalue weighted by atomic mass is 32.2. The Morgan fingerprint density at radius 2 is 1.52 bits per heavy atom. The lowest BCUT2D eigenvalue weighted by molar-refractivity contribution is 0.00578. The van der Waals surface area contributed by atoms with Crippen LogP contribution in [0.2, 0.25) is 0 Å². The van der Waals surface area contributed by atoms with Crippen LogP contribution in [0.5, 0.6) is 0 Å². The first-order chi connectivity index (χ1) is 13.4. The van der Waals surface area contributed by atoms with Crippen LogP contribution >= 0.6 is 0 Å². The largest absolute Gasteiger partial charge is 0.494 e. The van der Waals surface area contributed by atoms with E-state index in [0.29, 0.717) is 11.2 Å². The van der Waals surface area contributed by atoms with Gasteiger partial charge in [0.1, 0.15) is 0 Å². The SMILES string of the molecule is Cc1ccc(S(=O)(=O)n2nc(C)c3cc(B4OC(C)(C)C(C)(C)O4)ccc32)cc1. The van der Waals surface area contributed by atoms with Gasteiger partial charge in [-0.3, -0.25) is 0 Å². The highest BCUT2D eigenvalue weighted by Gasteiger charge is 2.51. The number of hydrogen-bond donors (Lipinski definition) is 0. The first-order valence-corrected chi connectivity index (χ1v) is 11.0. The number of fused-ring (bicyclic) bond motifs is 1. The van der Waals surface area contributed by atoms with E-state index in [0.717, 1.165) is 20.5 Å². The van der Waals surface area contributed by atoms with Crippen LogP contribution in [0.1, 0.15) is 39.0 Å². The number of hydrogen-bond acceptors (Lipinski definition) is 5. The summed E-state index contributed by atoms with van der Waals surface area (Å²) in [6.45, 7) is 11.7. The predicted octanol–water partition coefficient (Wildman–Crippen LogP) is 3.19. The molecule has 0 spiro atoms. The average Bonchev–Trinajstić information content (AvgIpc) is 3.08. The van der Waals surface area contributed by atoms with Crippen molar-refractivity contribution < 1.29 is 17.7 Å². The van der Waals surface area contributed by atoms with Crippen LogP contribution in [0.3, 0.4) is 0 Å². The zero-order valence-electron chi connectivity index (χ0n) is 17.6. The molecule has 0 N–H and O–H groups in total. The molecule has 0 bridgehead atoms. The highest BCUT2D eigenvalue weighted by molar-refractivity contribution is 7.90. The van der Waals surface area contributed by atoms with E-state index < -0.39 is 28.3 Å². The quantitative estimate of drug-likeness (QED) is 0.618. The van der Waals surface area contributed by atoms with Gasteiger partial charge < -0.3 is 9.31 Å². The third kappa shape index (κ3) is 3.19. The van der Waals surface area contributed by atoms with Gasteiger partial charge in [0.25, 0.3) is 10.0 Å². The first-order valence-electron chi connectivity index (χ1n) is 9.59. The molecule has 152 valence electrons. The average molecular weight is 412 g/mol. The molecule has 1 aromatic heterocycles.